The van der Waals surface area contributed by atoms with Crippen LogP contribution >= 0.6 is 0 Å². The van der Waals surface area contributed by atoms with Gasteiger partial charge in [0.15, 0.2) is 5.78 Å². The summed E-state index contributed by atoms with van der Waals surface area (Å²) >= 11 is 0. The summed E-state index contributed by atoms with van der Waals surface area (Å²) in [6, 6.07) is 9.71. The van der Waals surface area contributed by atoms with Crippen LogP contribution in [0.3, 0.4) is 0 Å². The van der Waals surface area contributed by atoms with Gasteiger partial charge < -0.3 is 4.79 Å². The summed E-state index contributed by atoms with van der Waals surface area (Å²) in [4.78, 5) is 22.2. The second-order valence-corrected chi connectivity index (χ2v) is 9.65. The van der Waals surface area contributed by atoms with E-state index in [0.717, 1.165) is 31.2 Å². The van der Waals surface area contributed by atoms with Gasteiger partial charge in [0.05, 0.1) is 0 Å². The second kappa shape index (κ2) is 25.2. The van der Waals surface area contributed by atoms with E-state index < -0.39 is 0 Å². The monoisotopic (exact) mass is 458 g/mol. The van der Waals surface area contributed by atoms with Gasteiger partial charge in [0, 0.05) is 18.4 Å². The van der Waals surface area contributed by atoms with Crippen molar-refractivity contribution in [3.63, 3.8) is 0 Å². The van der Waals surface area contributed by atoms with Crippen LogP contribution in [-0.4, -0.2) is 11.6 Å². The summed E-state index contributed by atoms with van der Waals surface area (Å²) in [6.07, 6.45) is 25.6. The van der Waals surface area contributed by atoms with Crippen LogP contribution in [-0.2, 0) is 4.79 Å². The standard InChI is InChI=1S/C25H42O.C6H12O/c1-2-3-4-5-6-7-8-9-10-11-12-13-14-15-16-20-23-25(26)24-21-18-17-19-22-24;1-3-4-5-6(2)7/h17-19,21-22H,2-16,20,23H2,1H3;3-5H2,1-2H3. The molecule has 0 spiro atoms. The number of carbonyl (C=O) groups excluding carboxylic acids is 2. The molecule has 2 nitrogen and oxygen atoms in total. The van der Waals surface area contributed by atoms with Gasteiger partial charge >= 0.3 is 0 Å². The third-order valence-corrected chi connectivity index (χ3v) is 6.24. The first-order chi connectivity index (χ1) is 16.1. The fourth-order valence-corrected chi connectivity index (χ4v) is 4.03. The Balaban J connectivity index is 0.00000126. The Bertz CT molecular complexity index is 549. The van der Waals surface area contributed by atoms with Gasteiger partial charge in [-0.25, -0.2) is 0 Å². The summed E-state index contributed by atoms with van der Waals surface area (Å²) in [5.74, 6) is 0.609. The predicted octanol–water partition coefficient (Wildman–Crippen LogP) is 10.3. The van der Waals surface area contributed by atoms with E-state index in [4.69, 9.17) is 0 Å². The van der Waals surface area contributed by atoms with Gasteiger partial charge in [-0.2, -0.15) is 0 Å². The highest BCUT2D eigenvalue weighted by atomic mass is 16.1. The van der Waals surface area contributed by atoms with E-state index in [2.05, 4.69) is 13.8 Å². The molecule has 0 unspecified atom stereocenters. The molecule has 0 N–H and O–H groups in total. The van der Waals surface area contributed by atoms with Crippen molar-refractivity contribution in [1.29, 1.82) is 0 Å². The minimum atomic E-state index is 0.302. The van der Waals surface area contributed by atoms with Crippen LogP contribution in [0.1, 0.15) is 160 Å². The topological polar surface area (TPSA) is 34.1 Å². The van der Waals surface area contributed by atoms with Crippen molar-refractivity contribution in [3.8, 4) is 0 Å². The first-order valence-corrected chi connectivity index (χ1v) is 14.2. The lowest BCUT2D eigenvalue weighted by molar-refractivity contribution is -0.117. The molecule has 0 aliphatic rings. The summed E-state index contributed by atoms with van der Waals surface area (Å²) in [7, 11) is 0. The van der Waals surface area contributed by atoms with Crippen LogP contribution in [0, 0.1) is 0 Å². The molecule has 0 aromatic heterocycles. The molecule has 0 amide bonds. The average Bonchev–Trinajstić information content (AvgIpc) is 2.83. The molecule has 0 atom stereocenters. The maximum absolute atomic E-state index is 12.0. The molecular formula is C31H54O2. The summed E-state index contributed by atoms with van der Waals surface area (Å²) in [6.45, 7) is 6.01. The maximum Gasteiger partial charge on any atom is 0.162 e. The zero-order valence-corrected chi connectivity index (χ0v) is 22.3. The van der Waals surface area contributed by atoms with E-state index in [9.17, 15) is 9.59 Å². The van der Waals surface area contributed by atoms with Gasteiger partial charge in [0.1, 0.15) is 5.78 Å². The minimum absolute atomic E-state index is 0.302. The Morgan fingerprint density at radius 2 is 0.909 bits per heavy atom. The van der Waals surface area contributed by atoms with Crippen LogP contribution in [0.5, 0.6) is 0 Å². The van der Waals surface area contributed by atoms with E-state index in [1.165, 1.54) is 96.3 Å². The second-order valence-electron chi connectivity index (χ2n) is 9.65. The fraction of sp³-hybridized carbons (Fsp3) is 0.742. The number of carbonyl (C=O) groups is 2. The number of Topliss-reactive ketones (excluding diaryl/α,β-unsaturated/α-hetero) is 2. The molecule has 0 fully saturated rings. The molecule has 33 heavy (non-hydrogen) atoms. The van der Waals surface area contributed by atoms with Crippen LogP contribution in [0.2, 0.25) is 0 Å². The van der Waals surface area contributed by atoms with E-state index >= 15 is 0 Å². The van der Waals surface area contributed by atoms with Gasteiger partial charge in [-0.3, -0.25) is 4.79 Å². The van der Waals surface area contributed by atoms with Crippen molar-refractivity contribution in [2.75, 3.05) is 0 Å². The van der Waals surface area contributed by atoms with Crippen LogP contribution < -0.4 is 0 Å². The molecule has 0 heterocycles. The van der Waals surface area contributed by atoms with Crippen LogP contribution in [0.25, 0.3) is 0 Å². The summed E-state index contributed by atoms with van der Waals surface area (Å²) in [5.41, 5.74) is 0.869. The van der Waals surface area contributed by atoms with Crippen molar-refractivity contribution in [1.82, 2.24) is 0 Å². The van der Waals surface area contributed by atoms with E-state index in [0.29, 0.717) is 18.0 Å². The molecule has 0 saturated carbocycles. The predicted molar refractivity (Wildman–Crippen MR) is 145 cm³/mol. The van der Waals surface area contributed by atoms with Crippen molar-refractivity contribution >= 4 is 11.6 Å². The quantitative estimate of drug-likeness (QED) is 0.136. The molecule has 0 bridgehead atoms. The Hall–Kier alpha value is -1.44. The Morgan fingerprint density at radius 1 is 0.515 bits per heavy atom. The van der Waals surface area contributed by atoms with Crippen molar-refractivity contribution in [2.45, 2.75) is 149 Å². The third-order valence-electron chi connectivity index (χ3n) is 6.24. The molecule has 0 aliphatic carbocycles. The lowest BCUT2D eigenvalue weighted by atomic mass is 10.0. The van der Waals surface area contributed by atoms with E-state index in [-0.39, 0.29) is 0 Å². The van der Waals surface area contributed by atoms with Crippen molar-refractivity contribution in [2.24, 2.45) is 0 Å². The molecule has 2 heteroatoms. The van der Waals surface area contributed by atoms with E-state index in [1.807, 2.05) is 30.3 Å². The Kier molecular flexibility index (Phi) is 24.1. The first-order valence-electron chi connectivity index (χ1n) is 14.2. The molecule has 0 saturated heterocycles. The maximum atomic E-state index is 12.0. The van der Waals surface area contributed by atoms with E-state index in [1.54, 1.807) is 6.92 Å². The zero-order valence-electron chi connectivity index (χ0n) is 22.3. The normalized spacial score (nSPS) is 10.5. The molecule has 1 rings (SSSR count). The highest BCUT2D eigenvalue weighted by Gasteiger charge is 2.04. The average molecular weight is 459 g/mol. The van der Waals surface area contributed by atoms with Gasteiger partial charge in [0.2, 0.25) is 0 Å². The fourth-order valence-electron chi connectivity index (χ4n) is 4.03. The smallest absolute Gasteiger partial charge is 0.162 e. The number of ketones is 2. The lowest BCUT2D eigenvalue weighted by Gasteiger charge is -2.04. The highest BCUT2D eigenvalue weighted by Crippen LogP contribution is 2.14. The Labute approximate surface area is 206 Å². The number of rotatable bonds is 21. The van der Waals surface area contributed by atoms with Gasteiger partial charge in [-0.1, -0.05) is 147 Å². The van der Waals surface area contributed by atoms with Gasteiger partial charge in [0.25, 0.3) is 0 Å². The minimum Gasteiger partial charge on any atom is -0.300 e. The van der Waals surface area contributed by atoms with Gasteiger partial charge in [-0.05, 0) is 19.8 Å². The summed E-state index contributed by atoms with van der Waals surface area (Å²) < 4.78 is 0. The lowest BCUT2D eigenvalue weighted by Crippen LogP contribution is -1.98. The SMILES string of the molecule is CCCCC(C)=O.CCCCCCCCCCCCCCCCCCC(=O)c1ccccc1. The number of benzene rings is 1. The number of hydrogen-bond donors (Lipinski definition) is 0. The zero-order chi connectivity index (χ0) is 24.4. The summed E-state index contributed by atoms with van der Waals surface area (Å²) in [5, 5.41) is 0. The first kappa shape index (κ1) is 31.6. The van der Waals surface area contributed by atoms with Crippen molar-refractivity contribution in [3.05, 3.63) is 35.9 Å². The third kappa shape index (κ3) is 23.5. The molecule has 0 aliphatic heterocycles. The molecular weight excluding hydrogens is 404 g/mol. The molecule has 1 aromatic rings. The van der Waals surface area contributed by atoms with Crippen LogP contribution in [0.4, 0.5) is 0 Å². The highest BCUT2D eigenvalue weighted by molar-refractivity contribution is 5.95. The molecule has 190 valence electrons. The van der Waals surface area contributed by atoms with Gasteiger partial charge in [-0.15, -0.1) is 0 Å². The van der Waals surface area contributed by atoms with Crippen molar-refractivity contribution < 1.29 is 9.59 Å². The Morgan fingerprint density at radius 3 is 1.27 bits per heavy atom. The molecule has 0 radical (unpaired) electrons. The molecule has 1 aromatic carbocycles. The van der Waals surface area contributed by atoms with Crippen LogP contribution in [0.15, 0.2) is 30.3 Å². The largest absolute Gasteiger partial charge is 0.300 e. The number of unbranched alkanes of at least 4 members (excludes halogenated alkanes) is 16. The number of hydrogen-bond acceptors (Lipinski definition) is 2.